The zero-order valence-electron chi connectivity index (χ0n) is 17.4. The van der Waals surface area contributed by atoms with Crippen LogP contribution in [0.4, 0.5) is 0 Å². The molecule has 0 spiro atoms. The molecule has 6 atom stereocenters. The number of aliphatic hydroxyl groups is 4. The average molecular weight is 464 g/mol. The Balaban J connectivity index is 1.75. The minimum atomic E-state index is -1.67. The topological polar surface area (TPSA) is 179 Å². The quantitative estimate of drug-likeness (QED) is 0.319. The number of phenolic OH excluding ortho intramolecular Hbond substituents is 3. The van der Waals surface area contributed by atoms with E-state index in [9.17, 15) is 35.7 Å². The van der Waals surface area contributed by atoms with Crippen molar-refractivity contribution in [2.45, 2.75) is 36.8 Å². The summed E-state index contributed by atoms with van der Waals surface area (Å²) >= 11 is 0. The molecule has 0 aliphatic carbocycles. The first-order valence-corrected chi connectivity index (χ1v) is 10.0. The third-order valence-electron chi connectivity index (χ3n) is 5.50. The van der Waals surface area contributed by atoms with E-state index in [2.05, 4.69) is 0 Å². The molecule has 0 amide bonds. The molecule has 1 fully saturated rings. The van der Waals surface area contributed by atoms with E-state index in [-0.39, 0.29) is 40.1 Å². The highest BCUT2D eigenvalue weighted by molar-refractivity contribution is 5.69. The Kier molecular flexibility index (Phi) is 6.23. The molecule has 7 N–H and O–H groups in total. The molecule has 2 aromatic rings. The fraction of sp³-hybridized carbons (Fsp3) is 0.364. The van der Waals surface area contributed by atoms with Crippen molar-refractivity contribution in [3.63, 3.8) is 0 Å². The van der Waals surface area contributed by atoms with Gasteiger partial charge in [0.25, 0.3) is 0 Å². The third-order valence-corrected chi connectivity index (χ3v) is 5.50. The lowest BCUT2D eigenvalue weighted by atomic mass is 9.98. The first-order valence-electron chi connectivity index (χ1n) is 10.0. The summed E-state index contributed by atoms with van der Waals surface area (Å²) in [5.74, 6) is -0.353. The fourth-order valence-corrected chi connectivity index (χ4v) is 3.73. The summed E-state index contributed by atoms with van der Waals surface area (Å²) in [7, 11) is 1.37. The largest absolute Gasteiger partial charge is 0.508 e. The fourth-order valence-electron chi connectivity index (χ4n) is 3.73. The van der Waals surface area contributed by atoms with E-state index in [1.165, 1.54) is 37.5 Å². The molecule has 0 radical (unpaired) electrons. The number of rotatable bonds is 5. The van der Waals surface area contributed by atoms with Crippen LogP contribution in [0.15, 0.2) is 36.1 Å². The second-order valence-electron chi connectivity index (χ2n) is 7.67. The molecule has 33 heavy (non-hydrogen) atoms. The predicted octanol–water partition coefficient (Wildman–Crippen LogP) is 0.103. The third kappa shape index (κ3) is 4.24. The zero-order valence-corrected chi connectivity index (χ0v) is 17.4. The van der Waals surface area contributed by atoms with Crippen LogP contribution >= 0.6 is 0 Å². The molecule has 2 aliphatic rings. The van der Waals surface area contributed by atoms with Crippen LogP contribution in [0.5, 0.6) is 28.7 Å². The number of hydrogen-bond acceptors (Lipinski definition) is 11. The molecule has 0 bridgehead atoms. The Labute approximate surface area is 187 Å². The second kappa shape index (κ2) is 8.96. The van der Waals surface area contributed by atoms with Gasteiger partial charge in [-0.05, 0) is 18.2 Å². The highest BCUT2D eigenvalue weighted by Crippen LogP contribution is 2.45. The first kappa shape index (κ1) is 23.0. The molecule has 2 heterocycles. The summed E-state index contributed by atoms with van der Waals surface area (Å²) in [6.45, 7) is -0.637. The predicted molar refractivity (Wildman–Crippen MR) is 111 cm³/mol. The molecule has 1 unspecified atom stereocenters. The van der Waals surface area contributed by atoms with Crippen molar-refractivity contribution in [3.8, 4) is 28.7 Å². The Hall–Kier alpha value is -3.22. The van der Waals surface area contributed by atoms with Crippen molar-refractivity contribution in [2.24, 2.45) is 0 Å². The summed E-state index contributed by atoms with van der Waals surface area (Å²) in [6.07, 6.45) is -7.20. The van der Waals surface area contributed by atoms with Gasteiger partial charge >= 0.3 is 0 Å². The maximum Gasteiger partial charge on any atom is 0.228 e. The van der Waals surface area contributed by atoms with Gasteiger partial charge in [0, 0.05) is 17.7 Å². The van der Waals surface area contributed by atoms with Crippen LogP contribution in [-0.2, 0) is 9.47 Å². The van der Waals surface area contributed by atoms with Gasteiger partial charge in [-0.25, -0.2) is 0 Å². The molecule has 11 nitrogen and oxygen atoms in total. The number of benzene rings is 2. The Morgan fingerprint density at radius 1 is 0.939 bits per heavy atom. The van der Waals surface area contributed by atoms with Gasteiger partial charge in [0.15, 0.2) is 17.6 Å². The van der Waals surface area contributed by atoms with Gasteiger partial charge in [0.2, 0.25) is 6.29 Å². The lowest BCUT2D eigenvalue weighted by Gasteiger charge is -2.41. The molecule has 1 saturated heterocycles. The standard InChI is InChI=1S/C22H24O11/c1-30-15-4-9(2-3-12(15)25)21-16(7-11-13(26)5-10(24)6-14(11)31-21)32-22-20(29)19(28)18(27)17(8-23)33-22/h2-7,17-29H,8H2,1H3/t17-,18+,19+,20-,21?,22-/m1/s1. The smallest absolute Gasteiger partial charge is 0.228 e. The number of methoxy groups -OCH3 is 1. The van der Waals surface area contributed by atoms with E-state index < -0.39 is 43.4 Å². The Morgan fingerprint density at radius 3 is 2.39 bits per heavy atom. The molecule has 0 aromatic heterocycles. The minimum Gasteiger partial charge on any atom is -0.508 e. The normalized spacial score (nSPS) is 28.9. The van der Waals surface area contributed by atoms with Gasteiger partial charge in [0.1, 0.15) is 47.4 Å². The molecule has 11 heteroatoms. The van der Waals surface area contributed by atoms with E-state index >= 15 is 0 Å². The molecule has 2 aliphatic heterocycles. The molecule has 2 aromatic carbocycles. The summed E-state index contributed by atoms with van der Waals surface area (Å²) in [5, 5.41) is 69.9. The number of hydrogen-bond donors (Lipinski definition) is 7. The number of aliphatic hydroxyl groups excluding tert-OH is 4. The molecule has 178 valence electrons. The van der Waals surface area contributed by atoms with Crippen molar-refractivity contribution in [1.29, 1.82) is 0 Å². The van der Waals surface area contributed by atoms with E-state index in [0.717, 1.165) is 6.07 Å². The van der Waals surface area contributed by atoms with Gasteiger partial charge < -0.3 is 54.7 Å². The number of aromatic hydroxyl groups is 3. The van der Waals surface area contributed by atoms with Gasteiger partial charge in [0.05, 0.1) is 19.3 Å². The van der Waals surface area contributed by atoms with E-state index in [4.69, 9.17) is 18.9 Å². The number of ether oxygens (including phenoxy) is 4. The van der Waals surface area contributed by atoms with E-state index in [1.54, 1.807) is 0 Å². The van der Waals surface area contributed by atoms with Crippen LogP contribution in [0, 0.1) is 0 Å². The van der Waals surface area contributed by atoms with Gasteiger partial charge in [-0.15, -0.1) is 0 Å². The van der Waals surface area contributed by atoms with Crippen LogP contribution in [0.1, 0.15) is 17.2 Å². The zero-order chi connectivity index (χ0) is 23.9. The lowest BCUT2D eigenvalue weighted by Crippen LogP contribution is -2.59. The van der Waals surface area contributed by atoms with E-state index in [0.29, 0.717) is 5.56 Å². The van der Waals surface area contributed by atoms with Crippen LogP contribution < -0.4 is 9.47 Å². The van der Waals surface area contributed by atoms with E-state index in [1.807, 2.05) is 0 Å². The Morgan fingerprint density at radius 2 is 1.70 bits per heavy atom. The maximum atomic E-state index is 10.4. The van der Waals surface area contributed by atoms with Crippen molar-refractivity contribution < 1.29 is 54.7 Å². The SMILES string of the molecule is COc1cc(C2Oc3cc(O)cc(O)c3C=C2O[C@@H]2O[C@H](CO)[C@H](O)[C@H](O)[C@H]2O)ccc1O. The number of fused-ring (bicyclic) bond motifs is 1. The average Bonchev–Trinajstić information content (AvgIpc) is 2.79. The van der Waals surface area contributed by atoms with Crippen molar-refractivity contribution >= 4 is 6.08 Å². The molecule has 4 rings (SSSR count). The highest BCUT2D eigenvalue weighted by Gasteiger charge is 2.46. The van der Waals surface area contributed by atoms with Crippen LogP contribution in [0.25, 0.3) is 6.08 Å². The minimum absolute atomic E-state index is 0.0283. The van der Waals surface area contributed by atoms with Crippen LogP contribution in [0.3, 0.4) is 0 Å². The second-order valence-corrected chi connectivity index (χ2v) is 7.67. The Bertz CT molecular complexity index is 1050. The van der Waals surface area contributed by atoms with Gasteiger partial charge in [-0.2, -0.15) is 0 Å². The van der Waals surface area contributed by atoms with Gasteiger partial charge in [-0.1, -0.05) is 6.07 Å². The molecule has 0 saturated carbocycles. The van der Waals surface area contributed by atoms with Crippen molar-refractivity contribution in [1.82, 2.24) is 0 Å². The van der Waals surface area contributed by atoms with Crippen LogP contribution in [0.2, 0.25) is 0 Å². The number of phenols is 3. The molecular weight excluding hydrogens is 440 g/mol. The van der Waals surface area contributed by atoms with Crippen LogP contribution in [-0.4, -0.2) is 80.2 Å². The summed E-state index contributed by atoms with van der Waals surface area (Å²) < 4.78 is 22.3. The monoisotopic (exact) mass is 464 g/mol. The summed E-state index contributed by atoms with van der Waals surface area (Å²) in [5.41, 5.74) is 0.614. The lowest BCUT2D eigenvalue weighted by molar-refractivity contribution is -0.293. The maximum absolute atomic E-state index is 10.4. The summed E-state index contributed by atoms with van der Waals surface area (Å²) in [4.78, 5) is 0. The highest BCUT2D eigenvalue weighted by atomic mass is 16.7. The summed E-state index contributed by atoms with van der Waals surface area (Å²) in [6, 6.07) is 6.78. The van der Waals surface area contributed by atoms with Gasteiger partial charge in [-0.3, -0.25) is 0 Å². The first-order chi connectivity index (χ1) is 15.7. The molecular formula is C22H24O11. The van der Waals surface area contributed by atoms with Crippen molar-refractivity contribution in [3.05, 3.63) is 47.2 Å². The van der Waals surface area contributed by atoms with Crippen molar-refractivity contribution in [2.75, 3.05) is 13.7 Å².